The van der Waals surface area contributed by atoms with Crippen molar-refractivity contribution in [1.82, 2.24) is 10.2 Å². The molecule has 0 unspecified atom stereocenters. The summed E-state index contributed by atoms with van der Waals surface area (Å²) in [7, 11) is 0. The number of aryl methyl sites for hydroxylation is 1. The highest BCUT2D eigenvalue weighted by atomic mass is 19.1. The largest absolute Gasteiger partial charge is 0.478 e. The molecule has 7 heteroatoms. The quantitative estimate of drug-likeness (QED) is 0.932. The second-order valence-corrected chi connectivity index (χ2v) is 4.25. The molecule has 6 nitrogen and oxygen atoms in total. The first-order chi connectivity index (χ1) is 9.93. The number of hydrogen-bond donors (Lipinski definition) is 1. The number of carbonyl (C=O) groups is 1. The Morgan fingerprint density at radius 1 is 1.38 bits per heavy atom. The Bertz CT molecular complexity index is 769. The average molecular weight is 287 g/mol. The monoisotopic (exact) mass is 287 g/mol. The SMILES string of the molecule is Cc1nnc(Oc2ccc(F)cc2C(=O)O)c(C#N)c1C. The highest BCUT2D eigenvalue weighted by molar-refractivity contribution is 5.91. The van der Waals surface area contributed by atoms with Gasteiger partial charge in [-0.15, -0.1) is 5.10 Å². The number of halogens is 1. The summed E-state index contributed by atoms with van der Waals surface area (Å²) in [6, 6.07) is 4.99. The van der Waals surface area contributed by atoms with Gasteiger partial charge in [0.15, 0.2) is 0 Å². The van der Waals surface area contributed by atoms with Crippen LogP contribution in [0.1, 0.15) is 27.2 Å². The zero-order valence-electron chi connectivity index (χ0n) is 11.2. The van der Waals surface area contributed by atoms with Crippen LogP contribution in [0.3, 0.4) is 0 Å². The Balaban J connectivity index is 2.52. The molecule has 0 spiro atoms. The predicted octanol–water partition coefficient (Wildman–Crippen LogP) is 2.59. The van der Waals surface area contributed by atoms with Gasteiger partial charge < -0.3 is 9.84 Å². The van der Waals surface area contributed by atoms with Crippen molar-refractivity contribution in [3.8, 4) is 17.7 Å². The Hall–Kier alpha value is -3.01. The summed E-state index contributed by atoms with van der Waals surface area (Å²) < 4.78 is 18.4. The fourth-order valence-corrected chi connectivity index (χ4v) is 1.65. The zero-order valence-corrected chi connectivity index (χ0v) is 11.2. The van der Waals surface area contributed by atoms with E-state index in [0.29, 0.717) is 11.3 Å². The van der Waals surface area contributed by atoms with Crippen LogP contribution in [-0.4, -0.2) is 21.3 Å². The molecule has 1 N–H and O–H groups in total. The van der Waals surface area contributed by atoms with Gasteiger partial charge in [-0.25, -0.2) is 9.18 Å². The third-order valence-corrected chi connectivity index (χ3v) is 2.91. The molecule has 0 aliphatic carbocycles. The first-order valence-electron chi connectivity index (χ1n) is 5.88. The Labute approximate surface area is 119 Å². The van der Waals surface area contributed by atoms with E-state index in [1.807, 2.05) is 6.07 Å². The molecule has 1 aromatic carbocycles. The normalized spacial score (nSPS) is 10.0. The van der Waals surface area contributed by atoms with Crippen molar-refractivity contribution in [2.45, 2.75) is 13.8 Å². The van der Waals surface area contributed by atoms with Crippen molar-refractivity contribution in [2.24, 2.45) is 0 Å². The summed E-state index contributed by atoms with van der Waals surface area (Å²) in [6.45, 7) is 3.37. The molecule has 106 valence electrons. The number of carboxylic acid groups (broad SMARTS) is 1. The lowest BCUT2D eigenvalue weighted by Crippen LogP contribution is -2.04. The van der Waals surface area contributed by atoms with E-state index >= 15 is 0 Å². The van der Waals surface area contributed by atoms with Crippen molar-refractivity contribution in [3.05, 3.63) is 46.4 Å². The maximum absolute atomic E-state index is 13.1. The minimum Gasteiger partial charge on any atom is -0.478 e. The van der Waals surface area contributed by atoms with Crippen LogP contribution in [0, 0.1) is 31.0 Å². The summed E-state index contributed by atoms with van der Waals surface area (Å²) in [5.74, 6) is -2.28. The minimum atomic E-state index is -1.35. The van der Waals surface area contributed by atoms with E-state index in [-0.39, 0.29) is 22.8 Å². The van der Waals surface area contributed by atoms with E-state index in [1.165, 1.54) is 0 Å². The van der Waals surface area contributed by atoms with Gasteiger partial charge in [-0.3, -0.25) is 0 Å². The second kappa shape index (κ2) is 5.54. The van der Waals surface area contributed by atoms with E-state index in [0.717, 1.165) is 18.2 Å². The molecule has 0 saturated carbocycles. The highest BCUT2D eigenvalue weighted by Crippen LogP contribution is 2.28. The lowest BCUT2D eigenvalue weighted by atomic mass is 10.1. The fourth-order valence-electron chi connectivity index (χ4n) is 1.65. The summed E-state index contributed by atoms with van der Waals surface area (Å²) in [4.78, 5) is 11.1. The summed E-state index contributed by atoms with van der Waals surface area (Å²) >= 11 is 0. The number of hydrogen-bond acceptors (Lipinski definition) is 5. The van der Waals surface area contributed by atoms with E-state index in [1.54, 1.807) is 13.8 Å². The smallest absolute Gasteiger partial charge is 0.339 e. The van der Waals surface area contributed by atoms with E-state index in [2.05, 4.69) is 10.2 Å². The van der Waals surface area contributed by atoms with Gasteiger partial charge in [0.1, 0.15) is 28.8 Å². The second-order valence-electron chi connectivity index (χ2n) is 4.25. The topological polar surface area (TPSA) is 96.1 Å². The Kier molecular flexibility index (Phi) is 3.80. The van der Waals surface area contributed by atoms with Crippen LogP contribution in [0.4, 0.5) is 4.39 Å². The molecule has 0 saturated heterocycles. The number of aromatic nitrogens is 2. The number of nitriles is 1. The number of nitrogens with zero attached hydrogens (tertiary/aromatic N) is 3. The Morgan fingerprint density at radius 2 is 2.10 bits per heavy atom. The van der Waals surface area contributed by atoms with Gasteiger partial charge in [-0.2, -0.15) is 10.4 Å². The van der Waals surface area contributed by atoms with Crippen LogP contribution in [0.25, 0.3) is 0 Å². The average Bonchev–Trinajstić information content (AvgIpc) is 2.45. The van der Waals surface area contributed by atoms with Gasteiger partial charge in [0.25, 0.3) is 5.88 Å². The third kappa shape index (κ3) is 2.79. The molecular weight excluding hydrogens is 277 g/mol. The van der Waals surface area contributed by atoms with Crippen LogP contribution in [0.15, 0.2) is 18.2 Å². The van der Waals surface area contributed by atoms with Gasteiger partial charge in [-0.05, 0) is 37.6 Å². The van der Waals surface area contributed by atoms with E-state index in [4.69, 9.17) is 15.1 Å². The van der Waals surface area contributed by atoms with Crippen molar-refractivity contribution in [1.29, 1.82) is 5.26 Å². The van der Waals surface area contributed by atoms with Crippen molar-refractivity contribution in [2.75, 3.05) is 0 Å². The van der Waals surface area contributed by atoms with Gasteiger partial charge in [-0.1, -0.05) is 0 Å². The van der Waals surface area contributed by atoms with Crippen LogP contribution >= 0.6 is 0 Å². The third-order valence-electron chi connectivity index (χ3n) is 2.91. The number of aromatic carboxylic acids is 1. The van der Waals surface area contributed by atoms with Crippen molar-refractivity contribution < 1.29 is 19.0 Å². The van der Waals surface area contributed by atoms with E-state index < -0.39 is 11.8 Å². The van der Waals surface area contributed by atoms with Gasteiger partial charge >= 0.3 is 5.97 Å². The van der Waals surface area contributed by atoms with Crippen LogP contribution in [0.5, 0.6) is 11.6 Å². The van der Waals surface area contributed by atoms with Crippen LogP contribution < -0.4 is 4.74 Å². The number of rotatable bonds is 3. The molecule has 2 rings (SSSR count). The van der Waals surface area contributed by atoms with Gasteiger partial charge in [0.05, 0.1) is 5.69 Å². The molecule has 0 aliphatic heterocycles. The minimum absolute atomic E-state index is 0.113. The molecule has 0 bridgehead atoms. The van der Waals surface area contributed by atoms with Crippen LogP contribution in [0.2, 0.25) is 0 Å². The molecule has 0 radical (unpaired) electrons. The molecule has 1 aromatic heterocycles. The zero-order chi connectivity index (χ0) is 15.6. The molecule has 0 fully saturated rings. The lowest BCUT2D eigenvalue weighted by Gasteiger charge is -2.10. The molecule has 2 aromatic rings. The molecular formula is C14H10FN3O3. The fraction of sp³-hybridized carbons (Fsp3) is 0.143. The highest BCUT2D eigenvalue weighted by Gasteiger charge is 2.18. The summed E-state index contributed by atoms with van der Waals surface area (Å²) in [5, 5.41) is 25.8. The first-order valence-corrected chi connectivity index (χ1v) is 5.88. The van der Waals surface area contributed by atoms with Crippen molar-refractivity contribution in [3.63, 3.8) is 0 Å². The summed E-state index contributed by atoms with van der Waals surface area (Å²) in [6.07, 6.45) is 0. The van der Waals surface area contributed by atoms with Gasteiger partial charge in [0.2, 0.25) is 0 Å². The molecule has 0 amide bonds. The molecule has 0 aliphatic rings. The summed E-state index contributed by atoms with van der Waals surface area (Å²) in [5.41, 5.74) is 0.944. The molecule has 21 heavy (non-hydrogen) atoms. The molecule has 0 atom stereocenters. The Morgan fingerprint density at radius 3 is 2.71 bits per heavy atom. The predicted molar refractivity (Wildman–Crippen MR) is 69.7 cm³/mol. The maximum Gasteiger partial charge on any atom is 0.339 e. The maximum atomic E-state index is 13.1. The van der Waals surface area contributed by atoms with Crippen molar-refractivity contribution >= 4 is 5.97 Å². The first kappa shape index (κ1) is 14.4. The lowest BCUT2D eigenvalue weighted by molar-refractivity contribution is 0.0693. The van der Waals surface area contributed by atoms with Gasteiger partial charge in [0, 0.05) is 0 Å². The number of benzene rings is 1. The van der Waals surface area contributed by atoms with E-state index in [9.17, 15) is 9.18 Å². The molecule has 1 heterocycles. The van der Waals surface area contributed by atoms with Crippen LogP contribution in [-0.2, 0) is 0 Å². The number of carboxylic acids is 1. The standard InChI is InChI=1S/C14H10FN3O3/c1-7-8(2)17-18-13(11(7)6-16)21-12-4-3-9(15)5-10(12)14(19)20/h3-5H,1-2H3,(H,19,20). The number of ether oxygens (including phenoxy) is 1.